The molecule has 0 bridgehead atoms. The summed E-state index contributed by atoms with van der Waals surface area (Å²) in [5.41, 5.74) is 6.68. The van der Waals surface area contributed by atoms with Gasteiger partial charge in [-0.05, 0) is 37.6 Å². The number of thiophene rings is 1. The van der Waals surface area contributed by atoms with E-state index in [1.54, 1.807) is 13.0 Å². The summed E-state index contributed by atoms with van der Waals surface area (Å²) < 4.78 is 13.6. The second-order valence-electron chi connectivity index (χ2n) is 4.12. The fourth-order valence-corrected chi connectivity index (χ4v) is 2.57. The first kappa shape index (κ1) is 12.8. The van der Waals surface area contributed by atoms with Crippen LogP contribution in [-0.4, -0.2) is 5.78 Å². The molecule has 0 aliphatic carbocycles. The van der Waals surface area contributed by atoms with Gasteiger partial charge in [0.05, 0.1) is 4.88 Å². The Morgan fingerprint density at radius 3 is 2.67 bits per heavy atom. The molecule has 2 N–H and O–H groups in total. The molecule has 0 atom stereocenters. The van der Waals surface area contributed by atoms with Gasteiger partial charge < -0.3 is 5.73 Å². The number of hydrogen-bond donors (Lipinski definition) is 1. The minimum Gasteiger partial charge on any atom is -0.398 e. The Labute approximate surface area is 109 Å². The molecule has 4 heteroatoms. The number of nitrogens with two attached hydrogens (primary N) is 1. The third-order valence-electron chi connectivity index (χ3n) is 2.88. The molecule has 0 saturated carbocycles. The number of carbonyl (C=O) groups is 1. The number of rotatable bonds is 3. The Bertz CT molecular complexity index is 581. The Hall–Kier alpha value is -1.68. The van der Waals surface area contributed by atoms with Crippen LogP contribution in [-0.2, 0) is 6.42 Å². The molecule has 0 spiro atoms. The molecule has 0 radical (unpaired) electrons. The second kappa shape index (κ2) is 4.90. The minimum absolute atomic E-state index is 0.176. The van der Waals surface area contributed by atoms with Crippen LogP contribution in [0, 0.1) is 12.7 Å². The van der Waals surface area contributed by atoms with Gasteiger partial charge in [-0.3, -0.25) is 4.79 Å². The molecular weight excluding hydrogens is 249 g/mol. The van der Waals surface area contributed by atoms with Crippen LogP contribution in [0.4, 0.5) is 10.1 Å². The Kier molecular flexibility index (Phi) is 3.48. The molecule has 0 fully saturated rings. The van der Waals surface area contributed by atoms with Crippen molar-refractivity contribution >= 4 is 22.8 Å². The number of benzene rings is 1. The molecule has 0 amide bonds. The van der Waals surface area contributed by atoms with E-state index in [9.17, 15) is 9.18 Å². The van der Waals surface area contributed by atoms with Gasteiger partial charge in [-0.25, -0.2) is 4.39 Å². The smallest absolute Gasteiger partial charge is 0.203 e. The second-order valence-corrected chi connectivity index (χ2v) is 5.29. The van der Waals surface area contributed by atoms with Crippen molar-refractivity contribution in [2.45, 2.75) is 20.3 Å². The van der Waals surface area contributed by atoms with Gasteiger partial charge in [0.1, 0.15) is 5.82 Å². The lowest BCUT2D eigenvalue weighted by molar-refractivity contribution is 0.104. The van der Waals surface area contributed by atoms with Gasteiger partial charge in [0.15, 0.2) is 0 Å². The topological polar surface area (TPSA) is 43.1 Å². The fourth-order valence-electron chi connectivity index (χ4n) is 1.66. The van der Waals surface area contributed by atoms with E-state index < -0.39 is 5.82 Å². The van der Waals surface area contributed by atoms with E-state index in [0.717, 1.165) is 11.3 Å². The van der Waals surface area contributed by atoms with Gasteiger partial charge in [-0.1, -0.05) is 6.92 Å². The summed E-state index contributed by atoms with van der Waals surface area (Å²) in [7, 11) is 0. The molecule has 18 heavy (non-hydrogen) atoms. The van der Waals surface area contributed by atoms with Gasteiger partial charge in [0.25, 0.3) is 0 Å². The van der Waals surface area contributed by atoms with Crippen molar-refractivity contribution in [1.82, 2.24) is 0 Å². The Morgan fingerprint density at radius 2 is 2.11 bits per heavy atom. The van der Waals surface area contributed by atoms with Gasteiger partial charge in [-0.2, -0.15) is 0 Å². The third kappa shape index (κ3) is 2.29. The average molecular weight is 263 g/mol. The van der Waals surface area contributed by atoms with Crippen molar-refractivity contribution in [2.75, 3.05) is 5.73 Å². The maximum absolute atomic E-state index is 13.6. The average Bonchev–Trinajstić information content (AvgIpc) is 2.83. The van der Waals surface area contributed by atoms with Crippen molar-refractivity contribution in [2.24, 2.45) is 0 Å². The van der Waals surface area contributed by atoms with E-state index in [0.29, 0.717) is 21.7 Å². The van der Waals surface area contributed by atoms with E-state index in [1.165, 1.54) is 23.5 Å². The molecule has 0 unspecified atom stereocenters. The quantitative estimate of drug-likeness (QED) is 0.679. The number of hydrogen-bond acceptors (Lipinski definition) is 3. The SMILES string of the molecule is CCc1ccc(C(=O)c2cc(N)c(C)c(F)c2)s1. The molecule has 0 aliphatic heterocycles. The molecule has 0 saturated heterocycles. The highest BCUT2D eigenvalue weighted by Gasteiger charge is 2.14. The van der Waals surface area contributed by atoms with Crippen molar-refractivity contribution in [3.05, 3.63) is 51.0 Å². The normalized spacial score (nSPS) is 10.6. The Balaban J connectivity index is 2.40. The number of aryl methyl sites for hydroxylation is 1. The zero-order valence-corrected chi connectivity index (χ0v) is 11.1. The van der Waals surface area contributed by atoms with Gasteiger partial charge in [0.2, 0.25) is 5.78 Å². The van der Waals surface area contributed by atoms with Crippen molar-refractivity contribution < 1.29 is 9.18 Å². The van der Waals surface area contributed by atoms with Gasteiger partial charge >= 0.3 is 0 Å². The number of nitrogen functional groups attached to an aromatic ring is 1. The van der Waals surface area contributed by atoms with Crippen LogP contribution >= 0.6 is 11.3 Å². The maximum atomic E-state index is 13.6. The number of carbonyl (C=O) groups excluding carboxylic acids is 1. The third-order valence-corrected chi connectivity index (χ3v) is 4.11. The summed E-state index contributed by atoms with van der Waals surface area (Å²) in [6.07, 6.45) is 0.891. The zero-order chi connectivity index (χ0) is 13.3. The number of halogens is 1. The summed E-state index contributed by atoms with van der Waals surface area (Å²) in [4.78, 5) is 13.9. The molecule has 2 nitrogen and oxygen atoms in total. The molecule has 1 aromatic carbocycles. The summed E-state index contributed by atoms with van der Waals surface area (Å²) in [5, 5.41) is 0. The molecule has 2 rings (SSSR count). The predicted octanol–water partition coefficient (Wildman–Crippen LogP) is 3.57. The van der Waals surface area contributed by atoms with E-state index in [2.05, 4.69) is 0 Å². The molecular formula is C14H14FNOS. The van der Waals surface area contributed by atoms with Gasteiger partial charge in [0, 0.05) is 21.7 Å². The van der Waals surface area contributed by atoms with Crippen LogP contribution in [0.25, 0.3) is 0 Å². The van der Waals surface area contributed by atoms with E-state index in [1.807, 2.05) is 13.0 Å². The van der Waals surface area contributed by atoms with Crippen LogP contribution < -0.4 is 5.73 Å². The van der Waals surface area contributed by atoms with Crippen LogP contribution in [0.2, 0.25) is 0 Å². The monoisotopic (exact) mass is 263 g/mol. The lowest BCUT2D eigenvalue weighted by atomic mass is 10.1. The van der Waals surface area contributed by atoms with Crippen molar-refractivity contribution in [3.8, 4) is 0 Å². The first-order valence-corrected chi connectivity index (χ1v) is 6.53. The first-order valence-electron chi connectivity index (χ1n) is 5.72. The predicted molar refractivity (Wildman–Crippen MR) is 72.7 cm³/mol. The van der Waals surface area contributed by atoms with Crippen molar-refractivity contribution in [1.29, 1.82) is 0 Å². The molecule has 1 aromatic heterocycles. The highest BCUT2D eigenvalue weighted by atomic mass is 32.1. The largest absolute Gasteiger partial charge is 0.398 e. The van der Waals surface area contributed by atoms with Gasteiger partial charge in [-0.15, -0.1) is 11.3 Å². The number of anilines is 1. The van der Waals surface area contributed by atoms with E-state index in [-0.39, 0.29) is 5.78 Å². The Morgan fingerprint density at radius 1 is 1.39 bits per heavy atom. The lowest BCUT2D eigenvalue weighted by Gasteiger charge is -2.05. The molecule has 2 aromatic rings. The van der Waals surface area contributed by atoms with Crippen LogP contribution in [0.1, 0.15) is 32.6 Å². The van der Waals surface area contributed by atoms with Crippen molar-refractivity contribution in [3.63, 3.8) is 0 Å². The molecule has 1 heterocycles. The maximum Gasteiger partial charge on any atom is 0.203 e. The summed E-state index contributed by atoms with van der Waals surface area (Å²) in [6.45, 7) is 3.63. The van der Waals surface area contributed by atoms with E-state index >= 15 is 0 Å². The molecule has 0 aliphatic rings. The molecule has 94 valence electrons. The minimum atomic E-state index is -0.439. The number of ketones is 1. The van der Waals surface area contributed by atoms with Crippen LogP contribution in [0.15, 0.2) is 24.3 Å². The highest BCUT2D eigenvalue weighted by Crippen LogP contribution is 2.24. The summed E-state index contributed by atoms with van der Waals surface area (Å²) in [6, 6.07) is 6.48. The fraction of sp³-hybridized carbons (Fsp3) is 0.214. The first-order chi connectivity index (χ1) is 8.52. The summed E-state index contributed by atoms with van der Waals surface area (Å²) in [5.74, 6) is -0.615. The zero-order valence-electron chi connectivity index (χ0n) is 10.3. The van der Waals surface area contributed by atoms with E-state index in [4.69, 9.17) is 5.73 Å². The summed E-state index contributed by atoms with van der Waals surface area (Å²) >= 11 is 1.44. The highest BCUT2D eigenvalue weighted by molar-refractivity contribution is 7.14. The standard InChI is InChI=1S/C14H14FNOS/c1-3-10-4-5-13(18-10)14(17)9-6-11(15)8(2)12(16)7-9/h4-7H,3,16H2,1-2H3. The van der Waals surface area contributed by atoms with Crippen LogP contribution in [0.3, 0.4) is 0 Å². The van der Waals surface area contributed by atoms with Crippen LogP contribution in [0.5, 0.6) is 0 Å². The lowest BCUT2D eigenvalue weighted by Crippen LogP contribution is -2.03.